The number of aliphatic hydroxyl groups excluding tert-OH is 1. The van der Waals surface area contributed by atoms with Crippen molar-refractivity contribution < 1.29 is 19.7 Å². The van der Waals surface area contributed by atoms with Crippen LogP contribution in [-0.4, -0.2) is 22.1 Å². The first-order valence-corrected chi connectivity index (χ1v) is 16.1. The van der Waals surface area contributed by atoms with E-state index in [9.17, 15) is 15.0 Å². The lowest BCUT2D eigenvalue weighted by Gasteiger charge is -2.50. The van der Waals surface area contributed by atoms with Gasteiger partial charge in [0.05, 0.1) is 6.10 Å². The Kier molecular flexibility index (Phi) is 5.61. The maximum atomic E-state index is 12.7. The van der Waals surface area contributed by atoms with Gasteiger partial charge in [-0.3, -0.25) is 4.79 Å². The number of hydrogen-bond donors (Lipinski definition) is 2. The lowest BCUT2D eigenvalue weighted by Crippen LogP contribution is -2.43. The van der Waals surface area contributed by atoms with Crippen LogP contribution in [0, 0.1) is 34.5 Å². The summed E-state index contributed by atoms with van der Waals surface area (Å²) in [7, 11) is 0. The standard InChI is InChI=1S/C36H44O4/c1-35-15-13-24-23-8-5-22(17-20(23)3-6-26(24)29(35)9-11-33(35)38)40-32-19-28-21(18-31(32)37)4-7-27-25(28)14-16-36(2)30(27)10-12-34(36)39/h5,8,17-19,24-27,29-30,34,37,39H,3-4,6-7,9-16H2,1-2H3/t24-,25+,26-,27-,29+,30+,34+,35+,36+/m1/s1. The van der Waals surface area contributed by atoms with E-state index in [1.165, 1.54) is 22.3 Å². The number of aliphatic hydroxyl groups is 1. The van der Waals surface area contributed by atoms with Gasteiger partial charge in [0.25, 0.3) is 0 Å². The predicted molar refractivity (Wildman–Crippen MR) is 155 cm³/mol. The second-order valence-corrected chi connectivity index (χ2v) is 14.9. The summed E-state index contributed by atoms with van der Waals surface area (Å²) in [4.78, 5) is 12.7. The Morgan fingerprint density at radius 2 is 1.50 bits per heavy atom. The van der Waals surface area contributed by atoms with Crippen LogP contribution < -0.4 is 4.74 Å². The van der Waals surface area contributed by atoms with Crippen molar-refractivity contribution in [2.24, 2.45) is 34.5 Å². The fourth-order valence-corrected chi connectivity index (χ4v) is 11.2. The van der Waals surface area contributed by atoms with Gasteiger partial charge < -0.3 is 14.9 Å². The third-order valence-electron chi connectivity index (χ3n) is 13.4. The molecule has 2 N–H and O–H groups in total. The topological polar surface area (TPSA) is 66.8 Å². The van der Waals surface area contributed by atoms with Crippen molar-refractivity contribution in [3.05, 3.63) is 52.6 Å². The molecular weight excluding hydrogens is 496 g/mol. The Morgan fingerprint density at radius 1 is 0.775 bits per heavy atom. The molecule has 6 aliphatic rings. The lowest BCUT2D eigenvalue weighted by molar-refractivity contribution is -0.129. The minimum atomic E-state index is -0.156. The summed E-state index contributed by atoms with van der Waals surface area (Å²) in [5.74, 6) is 5.56. The maximum Gasteiger partial charge on any atom is 0.169 e. The van der Waals surface area contributed by atoms with E-state index in [4.69, 9.17) is 4.74 Å². The zero-order valence-electron chi connectivity index (χ0n) is 24.1. The zero-order valence-corrected chi connectivity index (χ0v) is 24.1. The van der Waals surface area contributed by atoms with Crippen LogP contribution in [0.15, 0.2) is 30.3 Å². The van der Waals surface area contributed by atoms with Gasteiger partial charge in [-0.1, -0.05) is 19.9 Å². The maximum absolute atomic E-state index is 12.7. The van der Waals surface area contributed by atoms with Crippen LogP contribution in [0.1, 0.15) is 112 Å². The highest BCUT2D eigenvalue weighted by Gasteiger charge is 2.55. The van der Waals surface area contributed by atoms with Crippen LogP contribution in [0.2, 0.25) is 0 Å². The van der Waals surface area contributed by atoms with Gasteiger partial charge in [-0.15, -0.1) is 0 Å². The van der Waals surface area contributed by atoms with Gasteiger partial charge in [-0.25, -0.2) is 0 Å². The first-order valence-electron chi connectivity index (χ1n) is 16.1. The lowest BCUT2D eigenvalue weighted by atomic mass is 9.55. The van der Waals surface area contributed by atoms with Gasteiger partial charge in [0.1, 0.15) is 11.5 Å². The second-order valence-electron chi connectivity index (χ2n) is 14.9. The Hall–Kier alpha value is -2.33. The van der Waals surface area contributed by atoms with Gasteiger partial charge in [0, 0.05) is 11.8 Å². The van der Waals surface area contributed by atoms with Crippen molar-refractivity contribution in [1.82, 2.24) is 0 Å². The molecule has 4 nitrogen and oxygen atoms in total. The van der Waals surface area contributed by atoms with Crippen LogP contribution in [0.5, 0.6) is 17.2 Å². The van der Waals surface area contributed by atoms with Gasteiger partial charge in [-0.05, 0) is 158 Å². The van der Waals surface area contributed by atoms with Crippen molar-refractivity contribution >= 4 is 5.78 Å². The molecule has 40 heavy (non-hydrogen) atoms. The molecule has 0 saturated heterocycles. The van der Waals surface area contributed by atoms with Crippen molar-refractivity contribution in [1.29, 1.82) is 0 Å². The highest BCUT2D eigenvalue weighted by atomic mass is 16.5. The number of phenols is 1. The Balaban J connectivity index is 1.05. The van der Waals surface area contributed by atoms with E-state index in [0.29, 0.717) is 47.0 Å². The monoisotopic (exact) mass is 540 g/mol. The summed E-state index contributed by atoms with van der Waals surface area (Å²) in [5.41, 5.74) is 5.48. The summed E-state index contributed by atoms with van der Waals surface area (Å²) in [6.45, 7) is 4.57. The first-order chi connectivity index (χ1) is 19.3. The molecule has 9 atom stereocenters. The molecule has 4 heteroatoms. The average molecular weight is 541 g/mol. The van der Waals surface area contributed by atoms with E-state index in [-0.39, 0.29) is 22.7 Å². The number of fused-ring (bicyclic) bond motifs is 10. The molecule has 8 rings (SSSR count). The Bertz CT molecular complexity index is 1380. The second kappa shape index (κ2) is 8.84. The van der Waals surface area contributed by atoms with Gasteiger partial charge in [0.15, 0.2) is 11.5 Å². The van der Waals surface area contributed by atoms with Crippen LogP contribution in [0.4, 0.5) is 0 Å². The molecule has 212 valence electrons. The number of ketones is 1. The zero-order chi connectivity index (χ0) is 27.4. The first kappa shape index (κ1) is 25.4. The largest absolute Gasteiger partial charge is 0.504 e. The highest BCUT2D eigenvalue weighted by Crippen LogP contribution is 2.62. The van der Waals surface area contributed by atoms with E-state index in [1.807, 2.05) is 6.07 Å². The van der Waals surface area contributed by atoms with Crippen molar-refractivity contribution in [2.75, 3.05) is 0 Å². The summed E-state index contributed by atoms with van der Waals surface area (Å²) < 4.78 is 6.45. The van der Waals surface area contributed by atoms with Gasteiger partial charge in [-0.2, -0.15) is 0 Å². The van der Waals surface area contributed by atoms with Crippen LogP contribution >= 0.6 is 0 Å². The molecular formula is C36H44O4. The molecule has 4 fully saturated rings. The summed E-state index contributed by atoms with van der Waals surface area (Å²) in [6, 6.07) is 10.7. The molecule has 0 spiro atoms. The quantitative estimate of drug-likeness (QED) is 0.407. The molecule has 0 aromatic heterocycles. The molecule has 4 saturated carbocycles. The Labute approximate surface area is 238 Å². The molecule has 0 aliphatic heterocycles. The molecule has 2 aromatic carbocycles. The van der Waals surface area contributed by atoms with Crippen molar-refractivity contribution in [3.8, 4) is 17.2 Å². The number of rotatable bonds is 2. The SMILES string of the molecule is C[C@]12CC[C@@H]3c4cc(Oc5ccc6c(c5)CC[C@@H]5[C@@H]6CC[C@]6(C)C(=O)CC[C@@H]56)c(O)cc4CC[C@H]3[C@@H]1CC[C@@H]2O. The molecule has 0 heterocycles. The molecule has 0 radical (unpaired) electrons. The van der Waals surface area contributed by atoms with Gasteiger partial charge >= 0.3 is 0 Å². The molecule has 0 unspecified atom stereocenters. The number of aromatic hydroxyl groups is 1. The fourth-order valence-electron chi connectivity index (χ4n) is 11.2. The highest BCUT2D eigenvalue weighted by molar-refractivity contribution is 5.87. The average Bonchev–Trinajstić information content (AvgIpc) is 3.43. The number of benzene rings is 2. The van der Waals surface area contributed by atoms with E-state index >= 15 is 0 Å². The van der Waals surface area contributed by atoms with E-state index in [0.717, 1.165) is 82.8 Å². The molecule has 6 aliphatic carbocycles. The minimum absolute atomic E-state index is 0.0707. The van der Waals surface area contributed by atoms with Crippen molar-refractivity contribution in [2.45, 2.75) is 109 Å². The Morgan fingerprint density at radius 3 is 2.33 bits per heavy atom. The molecule has 2 aromatic rings. The predicted octanol–water partition coefficient (Wildman–Crippen LogP) is 7.83. The van der Waals surface area contributed by atoms with Crippen LogP contribution in [0.25, 0.3) is 0 Å². The number of ether oxygens (including phenoxy) is 1. The summed E-state index contributed by atoms with van der Waals surface area (Å²) in [6.07, 6.45) is 12.5. The van der Waals surface area contributed by atoms with Crippen molar-refractivity contribution in [3.63, 3.8) is 0 Å². The number of hydrogen-bond acceptors (Lipinski definition) is 4. The number of carbonyl (C=O) groups is 1. The van der Waals surface area contributed by atoms with Gasteiger partial charge in [0.2, 0.25) is 0 Å². The van der Waals surface area contributed by atoms with Crippen LogP contribution in [-0.2, 0) is 17.6 Å². The van der Waals surface area contributed by atoms with Crippen LogP contribution in [0.3, 0.4) is 0 Å². The number of phenolic OH excluding ortho intramolecular Hbond substituents is 1. The third-order valence-corrected chi connectivity index (χ3v) is 13.4. The number of Topliss-reactive ketones (excluding diaryl/α,β-unsaturated/α-hetero) is 1. The summed E-state index contributed by atoms with van der Waals surface area (Å²) in [5, 5.41) is 21.7. The number of aryl methyl sites for hydroxylation is 2. The minimum Gasteiger partial charge on any atom is -0.504 e. The fraction of sp³-hybridized carbons (Fsp3) is 0.639. The smallest absolute Gasteiger partial charge is 0.169 e. The molecule has 0 bridgehead atoms. The van der Waals surface area contributed by atoms with E-state index in [1.54, 1.807) is 0 Å². The van der Waals surface area contributed by atoms with E-state index < -0.39 is 0 Å². The third kappa shape index (κ3) is 3.50. The summed E-state index contributed by atoms with van der Waals surface area (Å²) >= 11 is 0. The molecule has 0 amide bonds. The van der Waals surface area contributed by atoms with E-state index in [2.05, 4.69) is 38.1 Å². The normalized spacial score (nSPS) is 41.3. The number of carbonyl (C=O) groups excluding carboxylic acids is 1.